The topological polar surface area (TPSA) is 65.1 Å². The number of para-hydroxylation sites is 3. The van der Waals surface area contributed by atoms with Crippen LogP contribution in [-0.2, 0) is 9.59 Å². The molecular weight excluding hydrogens is 512 g/mol. The number of rotatable bonds is 5. The van der Waals surface area contributed by atoms with Gasteiger partial charge < -0.3 is 24.8 Å². The van der Waals surface area contributed by atoms with Gasteiger partial charge >= 0.3 is 0 Å². The molecule has 41 heavy (non-hydrogen) atoms. The van der Waals surface area contributed by atoms with Gasteiger partial charge in [0.15, 0.2) is 5.78 Å². The van der Waals surface area contributed by atoms with Gasteiger partial charge in [-0.25, -0.2) is 0 Å². The zero-order chi connectivity index (χ0) is 28.6. The van der Waals surface area contributed by atoms with Crippen molar-refractivity contribution in [2.24, 2.45) is 5.41 Å². The molecule has 0 spiro atoms. The number of anilines is 3. The summed E-state index contributed by atoms with van der Waals surface area (Å²) in [5, 5.41) is 3.64. The van der Waals surface area contributed by atoms with E-state index in [1.54, 1.807) is 7.11 Å². The Morgan fingerprint density at radius 2 is 1.59 bits per heavy atom. The molecule has 7 heteroatoms. The van der Waals surface area contributed by atoms with Crippen molar-refractivity contribution >= 4 is 28.8 Å². The third-order valence-corrected chi connectivity index (χ3v) is 8.49. The molecule has 1 amide bonds. The number of ether oxygens (including phenoxy) is 1. The maximum atomic E-state index is 14.0. The Morgan fingerprint density at radius 3 is 2.29 bits per heavy atom. The highest BCUT2D eigenvalue weighted by Gasteiger charge is 2.42. The summed E-state index contributed by atoms with van der Waals surface area (Å²) in [6.45, 7) is 7.37. The number of nitrogens with one attached hydrogen (secondary N) is 1. The maximum absolute atomic E-state index is 14.0. The number of ketones is 1. The summed E-state index contributed by atoms with van der Waals surface area (Å²) in [6, 6.07) is 25.9. The third-order valence-electron chi connectivity index (χ3n) is 8.49. The average Bonchev–Trinajstić information content (AvgIpc) is 3.11. The van der Waals surface area contributed by atoms with Crippen LogP contribution in [0.3, 0.4) is 0 Å². The number of fused-ring (bicyclic) bond motifs is 1. The molecule has 212 valence electrons. The number of amides is 1. The van der Waals surface area contributed by atoms with Crippen LogP contribution in [0.15, 0.2) is 90.1 Å². The van der Waals surface area contributed by atoms with Crippen LogP contribution in [0.1, 0.15) is 38.3 Å². The summed E-state index contributed by atoms with van der Waals surface area (Å²) in [5.74, 6) is 0.954. The van der Waals surface area contributed by atoms with Gasteiger partial charge in [0, 0.05) is 49.6 Å². The third kappa shape index (κ3) is 5.41. The smallest absolute Gasteiger partial charge is 0.242 e. The molecule has 3 aliphatic rings. The molecule has 0 saturated carbocycles. The van der Waals surface area contributed by atoms with Crippen molar-refractivity contribution < 1.29 is 14.3 Å². The van der Waals surface area contributed by atoms with Crippen molar-refractivity contribution in [3.63, 3.8) is 0 Å². The van der Waals surface area contributed by atoms with Gasteiger partial charge in [-0.3, -0.25) is 9.59 Å². The number of benzene rings is 3. The average molecular weight is 551 g/mol. The molecule has 7 nitrogen and oxygen atoms in total. The van der Waals surface area contributed by atoms with Gasteiger partial charge in [-0.05, 0) is 53.8 Å². The van der Waals surface area contributed by atoms with Crippen LogP contribution >= 0.6 is 0 Å². The zero-order valence-corrected chi connectivity index (χ0v) is 24.1. The van der Waals surface area contributed by atoms with Crippen LogP contribution in [0.4, 0.5) is 17.1 Å². The first kappa shape index (κ1) is 26.9. The van der Waals surface area contributed by atoms with Gasteiger partial charge in [0.1, 0.15) is 5.75 Å². The van der Waals surface area contributed by atoms with E-state index in [0.29, 0.717) is 19.5 Å². The van der Waals surface area contributed by atoms with Crippen molar-refractivity contribution in [1.82, 2.24) is 4.90 Å². The van der Waals surface area contributed by atoms with Gasteiger partial charge in [-0.2, -0.15) is 0 Å². The molecule has 0 bridgehead atoms. The molecule has 2 aliphatic heterocycles. The molecule has 1 atom stereocenters. The molecular formula is C34H38N4O3. The summed E-state index contributed by atoms with van der Waals surface area (Å²) in [4.78, 5) is 34.3. The molecule has 2 heterocycles. The van der Waals surface area contributed by atoms with E-state index in [2.05, 4.69) is 41.1 Å². The Bertz CT molecular complexity index is 1460. The quantitative estimate of drug-likeness (QED) is 0.442. The predicted octanol–water partition coefficient (Wildman–Crippen LogP) is 5.66. The summed E-state index contributed by atoms with van der Waals surface area (Å²) in [5.41, 5.74) is 5.55. The minimum Gasteiger partial charge on any atom is -0.497 e. The number of carbonyl (C=O) groups is 2. The van der Waals surface area contributed by atoms with E-state index >= 15 is 0 Å². The Labute approximate surface area is 242 Å². The lowest BCUT2D eigenvalue weighted by Gasteiger charge is -2.40. The molecule has 1 N–H and O–H groups in total. The number of hydrogen-bond donors (Lipinski definition) is 1. The lowest BCUT2D eigenvalue weighted by molar-refractivity contribution is -0.130. The standard InChI is InChI=1S/C34H38N4O3/c1-34(2)21-28-32(30(39)22-34)33(24-13-15-26(41-3)16-14-24)38(29-12-8-7-11-27(29)35-28)23-31(40)37-19-17-36(18-20-37)25-9-5-4-6-10-25/h4-16,33,35H,17-23H2,1-3H3. The van der Waals surface area contributed by atoms with Gasteiger partial charge in [0.05, 0.1) is 31.1 Å². The molecule has 0 radical (unpaired) electrons. The molecule has 0 aromatic heterocycles. The number of allylic oxidation sites excluding steroid dienone is 1. The molecule has 1 saturated heterocycles. The van der Waals surface area contributed by atoms with Crippen LogP contribution in [0.2, 0.25) is 0 Å². The number of carbonyl (C=O) groups excluding carboxylic acids is 2. The summed E-state index contributed by atoms with van der Waals surface area (Å²) >= 11 is 0. The Kier molecular flexibility index (Phi) is 7.20. The van der Waals surface area contributed by atoms with Gasteiger partial charge in [0.25, 0.3) is 0 Å². The van der Waals surface area contributed by atoms with E-state index < -0.39 is 6.04 Å². The van der Waals surface area contributed by atoms with Gasteiger partial charge in [-0.1, -0.05) is 56.3 Å². The number of methoxy groups -OCH3 is 1. The van der Waals surface area contributed by atoms with E-state index in [1.807, 2.05) is 71.6 Å². The largest absolute Gasteiger partial charge is 0.497 e. The van der Waals surface area contributed by atoms with Crippen molar-refractivity contribution in [3.05, 3.63) is 95.7 Å². The highest BCUT2D eigenvalue weighted by molar-refractivity contribution is 6.02. The predicted molar refractivity (Wildman–Crippen MR) is 163 cm³/mol. The van der Waals surface area contributed by atoms with Crippen LogP contribution in [0, 0.1) is 5.41 Å². The highest BCUT2D eigenvalue weighted by atomic mass is 16.5. The second-order valence-electron chi connectivity index (χ2n) is 12.0. The molecule has 1 unspecified atom stereocenters. The highest BCUT2D eigenvalue weighted by Crippen LogP contribution is 2.48. The van der Waals surface area contributed by atoms with Crippen LogP contribution in [0.25, 0.3) is 0 Å². The molecule has 1 aliphatic carbocycles. The molecule has 1 fully saturated rings. The number of Topliss-reactive ketones (excluding diaryl/α,β-unsaturated/α-hetero) is 1. The van der Waals surface area contributed by atoms with Crippen molar-refractivity contribution in [1.29, 1.82) is 0 Å². The number of hydrogen-bond acceptors (Lipinski definition) is 6. The van der Waals surface area contributed by atoms with Crippen LogP contribution in [-0.4, -0.2) is 56.4 Å². The van der Waals surface area contributed by atoms with E-state index in [9.17, 15) is 9.59 Å². The first-order valence-electron chi connectivity index (χ1n) is 14.4. The van der Waals surface area contributed by atoms with Gasteiger partial charge in [-0.15, -0.1) is 0 Å². The molecule has 6 rings (SSSR count). The second kappa shape index (κ2) is 11.0. The fourth-order valence-corrected chi connectivity index (χ4v) is 6.46. The monoisotopic (exact) mass is 550 g/mol. The van der Waals surface area contributed by atoms with Crippen molar-refractivity contribution in [3.8, 4) is 5.75 Å². The molecule has 3 aromatic rings. The number of piperazine rings is 1. The Morgan fingerprint density at radius 1 is 0.902 bits per heavy atom. The van der Waals surface area contributed by atoms with Crippen molar-refractivity contribution in [2.45, 2.75) is 32.7 Å². The normalized spacial score (nSPS) is 20.1. The lowest BCUT2D eigenvalue weighted by Crippen LogP contribution is -2.52. The minimum absolute atomic E-state index is 0.0682. The maximum Gasteiger partial charge on any atom is 0.242 e. The fraction of sp³-hybridized carbons (Fsp3) is 0.353. The van der Waals surface area contributed by atoms with Gasteiger partial charge in [0.2, 0.25) is 5.91 Å². The first-order valence-corrected chi connectivity index (χ1v) is 14.4. The Balaban J connectivity index is 1.36. The fourth-order valence-electron chi connectivity index (χ4n) is 6.46. The molecule has 3 aromatic carbocycles. The summed E-state index contributed by atoms with van der Waals surface area (Å²) in [6.07, 6.45) is 1.23. The number of nitrogens with zero attached hydrogens (tertiary/aromatic N) is 3. The summed E-state index contributed by atoms with van der Waals surface area (Å²) in [7, 11) is 1.65. The lowest BCUT2D eigenvalue weighted by atomic mass is 9.73. The minimum atomic E-state index is -0.398. The van der Waals surface area contributed by atoms with Crippen LogP contribution < -0.4 is 19.9 Å². The SMILES string of the molecule is COc1ccc(C2C3=C(CC(C)(C)CC3=O)Nc3ccccc3N2CC(=O)N2CCN(c3ccccc3)CC2)cc1. The second-order valence-corrected chi connectivity index (χ2v) is 12.0. The Hall–Kier alpha value is -4.26. The van der Waals surface area contributed by atoms with E-state index in [1.165, 1.54) is 5.69 Å². The van der Waals surface area contributed by atoms with E-state index in [0.717, 1.165) is 53.5 Å². The summed E-state index contributed by atoms with van der Waals surface area (Å²) < 4.78 is 5.43. The first-order chi connectivity index (χ1) is 19.8. The van der Waals surface area contributed by atoms with Crippen molar-refractivity contribution in [2.75, 3.05) is 55.0 Å². The van der Waals surface area contributed by atoms with E-state index in [-0.39, 0.29) is 23.7 Å². The van der Waals surface area contributed by atoms with E-state index in [4.69, 9.17) is 4.74 Å². The van der Waals surface area contributed by atoms with Crippen LogP contribution in [0.5, 0.6) is 5.75 Å². The zero-order valence-electron chi connectivity index (χ0n) is 24.1.